The Hall–Kier alpha value is -4.59. The van der Waals surface area contributed by atoms with Gasteiger partial charge in [-0.05, 0) is 37.6 Å². The van der Waals surface area contributed by atoms with Gasteiger partial charge >= 0.3 is 6.03 Å². The van der Waals surface area contributed by atoms with Gasteiger partial charge in [0, 0.05) is 18.2 Å². The number of nitrogens with zero attached hydrogens (tertiary/aromatic N) is 3. The fourth-order valence-electron chi connectivity index (χ4n) is 4.00. The molecule has 0 spiro atoms. The van der Waals surface area contributed by atoms with Gasteiger partial charge in [0.2, 0.25) is 5.91 Å². The van der Waals surface area contributed by atoms with Crippen molar-refractivity contribution >= 4 is 23.4 Å². The Morgan fingerprint density at radius 1 is 0.947 bits per heavy atom. The number of hydrogen-bond donors (Lipinski definition) is 2. The number of carbonyl (C=O) groups is 2. The van der Waals surface area contributed by atoms with Gasteiger partial charge in [-0.25, -0.2) is 9.48 Å². The van der Waals surface area contributed by atoms with Gasteiger partial charge in [-0.1, -0.05) is 73.5 Å². The topological polar surface area (TPSA) is 88.5 Å². The Bertz CT molecular complexity index is 1370. The third-order valence-electron chi connectivity index (χ3n) is 6.08. The summed E-state index contributed by atoms with van der Waals surface area (Å²) in [5.74, 6) is 0.763. The molecule has 2 N–H and O–H groups in total. The fourth-order valence-corrected chi connectivity index (χ4v) is 4.00. The second-order valence-electron chi connectivity index (χ2n) is 8.98. The molecule has 0 fully saturated rings. The predicted octanol–water partition coefficient (Wildman–Crippen LogP) is 6.13. The highest BCUT2D eigenvalue weighted by Gasteiger charge is 2.20. The molecule has 0 saturated heterocycles. The number of ether oxygens (including phenoxy) is 1. The number of methoxy groups -OCH3 is 1. The van der Waals surface area contributed by atoms with Crippen molar-refractivity contribution in [3.63, 3.8) is 0 Å². The van der Waals surface area contributed by atoms with E-state index in [1.54, 1.807) is 23.9 Å². The molecule has 8 heteroatoms. The van der Waals surface area contributed by atoms with Crippen molar-refractivity contribution in [1.82, 2.24) is 14.7 Å². The number of aromatic nitrogens is 2. The van der Waals surface area contributed by atoms with Gasteiger partial charge in [0.1, 0.15) is 18.1 Å². The van der Waals surface area contributed by atoms with E-state index in [1.165, 1.54) is 4.90 Å². The van der Waals surface area contributed by atoms with Crippen molar-refractivity contribution in [1.29, 1.82) is 0 Å². The summed E-state index contributed by atoms with van der Waals surface area (Å²) in [7, 11) is 1.55. The number of para-hydroxylation sites is 2. The van der Waals surface area contributed by atoms with Crippen LogP contribution in [0.15, 0.2) is 84.9 Å². The number of anilines is 2. The summed E-state index contributed by atoms with van der Waals surface area (Å²) in [6.45, 7) is 4.39. The molecule has 196 valence electrons. The van der Waals surface area contributed by atoms with E-state index in [1.807, 2.05) is 86.6 Å². The van der Waals surface area contributed by atoms with E-state index < -0.39 is 0 Å². The van der Waals surface area contributed by atoms with Crippen molar-refractivity contribution in [3.05, 3.63) is 90.5 Å². The van der Waals surface area contributed by atoms with E-state index in [0.717, 1.165) is 35.3 Å². The first-order valence-corrected chi connectivity index (χ1v) is 12.7. The van der Waals surface area contributed by atoms with Crippen LogP contribution < -0.4 is 15.4 Å². The maximum atomic E-state index is 13.3. The Labute approximate surface area is 223 Å². The Kier molecular flexibility index (Phi) is 8.77. The second kappa shape index (κ2) is 12.6. The number of urea groups is 1. The van der Waals surface area contributed by atoms with Crippen LogP contribution in [0, 0.1) is 6.92 Å². The molecule has 0 radical (unpaired) electrons. The molecule has 0 unspecified atom stereocenters. The average Bonchev–Trinajstić information content (AvgIpc) is 3.35. The maximum Gasteiger partial charge on any atom is 0.322 e. The normalized spacial score (nSPS) is 10.6. The minimum atomic E-state index is -0.366. The third kappa shape index (κ3) is 6.59. The van der Waals surface area contributed by atoms with Crippen LogP contribution in [0.4, 0.5) is 16.3 Å². The van der Waals surface area contributed by atoms with Crippen LogP contribution >= 0.6 is 0 Å². The van der Waals surface area contributed by atoms with Gasteiger partial charge in [0.25, 0.3) is 0 Å². The number of carbonyl (C=O) groups excluding carboxylic acids is 2. The molecule has 8 nitrogen and oxygen atoms in total. The van der Waals surface area contributed by atoms with Crippen LogP contribution in [0.3, 0.4) is 0 Å². The molecular formula is C30H33N5O3. The summed E-state index contributed by atoms with van der Waals surface area (Å²) in [6.07, 6.45) is 1.66. The summed E-state index contributed by atoms with van der Waals surface area (Å²) < 4.78 is 7.06. The van der Waals surface area contributed by atoms with Crippen molar-refractivity contribution in [2.45, 2.75) is 26.7 Å². The lowest BCUT2D eigenvalue weighted by Crippen LogP contribution is -2.41. The highest BCUT2D eigenvalue weighted by atomic mass is 16.5. The lowest BCUT2D eigenvalue weighted by Gasteiger charge is -2.23. The average molecular weight is 512 g/mol. The Morgan fingerprint density at radius 3 is 2.37 bits per heavy atom. The number of benzene rings is 3. The zero-order chi connectivity index (χ0) is 26.9. The van der Waals surface area contributed by atoms with E-state index in [0.29, 0.717) is 23.8 Å². The fraction of sp³-hybridized carbons (Fsp3) is 0.233. The molecule has 0 bridgehead atoms. The SMILES string of the molecule is CCCCN(CC(=O)Nc1cc(-c2ccccc2)nn1-c1ccc(C)cc1)C(=O)Nc1ccccc1OC. The van der Waals surface area contributed by atoms with Gasteiger partial charge in [-0.3, -0.25) is 4.79 Å². The highest BCUT2D eigenvalue weighted by molar-refractivity contribution is 5.97. The van der Waals surface area contributed by atoms with Gasteiger partial charge in [0.15, 0.2) is 0 Å². The quantitative estimate of drug-likeness (QED) is 0.268. The van der Waals surface area contributed by atoms with Gasteiger partial charge < -0.3 is 20.3 Å². The molecule has 3 amide bonds. The number of aryl methyl sites for hydroxylation is 1. The van der Waals surface area contributed by atoms with Crippen molar-refractivity contribution in [3.8, 4) is 22.7 Å². The molecule has 38 heavy (non-hydrogen) atoms. The van der Waals surface area contributed by atoms with E-state index in [4.69, 9.17) is 9.84 Å². The molecule has 0 aliphatic carbocycles. The number of amides is 3. The van der Waals surface area contributed by atoms with Crippen LogP contribution in [0.2, 0.25) is 0 Å². The van der Waals surface area contributed by atoms with E-state index in [2.05, 4.69) is 10.6 Å². The molecule has 3 aromatic carbocycles. The monoisotopic (exact) mass is 511 g/mol. The number of unbranched alkanes of at least 4 members (excludes halogenated alkanes) is 1. The van der Waals surface area contributed by atoms with Crippen molar-refractivity contribution < 1.29 is 14.3 Å². The molecule has 0 aliphatic rings. The lowest BCUT2D eigenvalue weighted by molar-refractivity contribution is -0.116. The summed E-state index contributed by atoms with van der Waals surface area (Å²) in [6, 6.07) is 26.4. The zero-order valence-electron chi connectivity index (χ0n) is 22.0. The number of hydrogen-bond acceptors (Lipinski definition) is 4. The van der Waals surface area contributed by atoms with Gasteiger partial charge in [-0.15, -0.1) is 0 Å². The second-order valence-corrected chi connectivity index (χ2v) is 8.98. The van der Waals surface area contributed by atoms with E-state index in [-0.39, 0.29) is 18.5 Å². The van der Waals surface area contributed by atoms with Crippen molar-refractivity contribution in [2.24, 2.45) is 0 Å². The maximum absolute atomic E-state index is 13.3. The van der Waals surface area contributed by atoms with Gasteiger partial charge in [0.05, 0.1) is 24.2 Å². The van der Waals surface area contributed by atoms with Crippen molar-refractivity contribution in [2.75, 3.05) is 30.8 Å². The smallest absolute Gasteiger partial charge is 0.322 e. The molecule has 4 rings (SSSR count). The van der Waals surface area contributed by atoms with Crippen LogP contribution in [0.25, 0.3) is 16.9 Å². The summed E-state index contributed by atoms with van der Waals surface area (Å²) in [4.78, 5) is 27.9. The van der Waals surface area contributed by atoms with Crippen LogP contribution in [-0.2, 0) is 4.79 Å². The first-order chi connectivity index (χ1) is 18.5. The number of nitrogens with one attached hydrogen (secondary N) is 2. The molecule has 1 heterocycles. The minimum Gasteiger partial charge on any atom is -0.495 e. The molecule has 0 aliphatic heterocycles. The highest BCUT2D eigenvalue weighted by Crippen LogP contribution is 2.26. The first kappa shape index (κ1) is 26.5. The number of rotatable bonds is 10. The predicted molar refractivity (Wildman–Crippen MR) is 151 cm³/mol. The molecule has 1 aromatic heterocycles. The van der Waals surface area contributed by atoms with Gasteiger partial charge in [-0.2, -0.15) is 5.10 Å². The Morgan fingerprint density at radius 2 is 1.66 bits per heavy atom. The molecule has 0 saturated carbocycles. The zero-order valence-corrected chi connectivity index (χ0v) is 22.0. The molecular weight excluding hydrogens is 478 g/mol. The largest absolute Gasteiger partial charge is 0.495 e. The first-order valence-electron chi connectivity index (χ1n) is 12.7. The van der Waals surface area contributed by atoms with E-state index >= 15 is 0 Å². The van der Waals surface area contributed by atoms with Crippen LogP contribution in [0.1, 0.15) is 25.3 Å². The standard InChI is InChI=1S/C30H33N5O3/c1-4-5-19-34(30(37)31-25-13-9-10-14-27(25)38-3)21-29(36)32-28-20-26(23-11-7-6-8-12-23)33-35(28)24-17-15-22(2)16-18-24/h6-18,20H,4-5,19,21H2,1-3H3,(H,31,37)(H,32,36). The minimum absolute atomic E-state index is 0.110. The van der Waals surface area contributed by atoms with Crippen LogP contribution in [-0.4, -0.2) is 46.8 Å². The lowest BCUT2D eigenvalue weighted by atomic mass is 10.1. The Balaban J connectivity index is 1.56. The molecule has 0 atom stereocenters. The summed E-state index contributed by atoms with van der Waals surface area (Å²) >= 11 is 0. The van der Waals surface area contributed by atoms with E-state index in [9.17, 15) is 9.59 Å². The third-order valence-corrected chi connectivity index (χ3v) is 6.08. The summed E-state index contributed by atoms with van der Waals surface area (Å²) in [5.41, 5.74) is 4.17. The van der Waals surface area contributed by atoms with Crippen LogP contribution in [0.5, 0.6) is 5.75 Å². The molecule has 4 aromatic rings. The summed E-state index contributed by atoms with van der Waals surface area (Å²) in [5, 5.41) is 10.6.